The van der Waals surface area contributed by atoms with Crippen molar-refractivity contribution in [3.8, 4) is 0 Å². The second kappa shape index (κ2) is 7.09. The van der Waals surface area contributed by atoms with E-state index >= 15 is 0 Å². The van der Waals surface area contributed by atoms with Crippen molar-refractivity contribution in [2.45, 2.75) is 0 Å². The molecule has 1 heterocycles. The number of aromatic carboxylic acids is 1. The van der Waals surface area contributed by atoms with E-state index in [4.69, 9.17) is 5.11 Å². The summed E-state index contributed by atoms with van der Waals surface area (Å²) in [4.78, 5) is 24.8. The number of rotatable bonds is 6. The SMILES string of the molecule is O=C(O)c1csc(N/N=C\C=C\c2ccccc2[N+](=O)[O-])n1. The van der Waals surface area contributed by atoms with Gasteiger partial charge in [0.05, 0.1) is 10.5 Å². The van der Waals surface area contributed by atoms with E-state index in [0.29, 0.717) is 10.7 Å². The first-order valence-corrected chi connectivity index (χ1v) is 6.84. The van der Waals surface area contributed by atoms with Gasteiger partial charge in [0.15, 0.2) is 5.69 Å². The summed E-state index contributed by atoms with van der Waals surface area (Å²) in [6, 6.07) is 6.33. The van der Waals surface area contributed by atoms with Crippen LogP contribution in [0.4, 0.5) is 10.8 Å². The van der Waals surface area contributed by atoms with E-state index < -0.39 is 10.9 Å². The Morgan fingerprint density at radius 3 is 2.91 bits per heavy atom. The number of hydrazone groups is 1. The van der Waals surface area contributed by atoms with Gasteiger partial charge in [-0.3, -0.25) is 15.5 Å². The lowest BCUT2D eigenvalue weighted by Crippen LogP contribution is -1.96. The molecular formula is C13H10N4O4S. The van der Waals surface area contributed by atoms with Crippen LogP contribution in [0, 0.1) is 10.1 Å². The molecule has 1 aromatic heterocycles. The van der Waals surface area contributed by atoms with Gasteiger partial charge < -0.3 is 5.11 Å². The molecule has 0 atom stereocenters. The van der Waals surface area contributed by atoms with Crippen LogP contribution in [-0.2, 0) is 0 Å². The van der Waals surface area contributed by atoms with Crippen LogP contribution in [0.2, 0.25) is 0 Å². The molecule has 0 saturated heterocycles. The summed E-state index contributed by atoms with van der Waals surface area (Å²) in [5.74, 6) is -1.11. The van der Waals surface area contributed by atoms with Crippen LogP contribution < -0.4 is 5.43 Å². The second-order valence-corrected chi connectivity index (χ2v) is 4.77. The number of anilines is 1. The summed E-state index contributed by atoms with van der Waals surface area (Å²) in [6.07, 6.45) is 4.47. The number of benzene rings is 1. The van der Waals surface area contributed by atoms with Crippen LogP contribution in [-0.4, -0.2) is 27.2 Å². The van der Waals surface area contributed by atoms with Crippen molar-refractivity contribution in [2.75, 3.05) is 5.43 Å². The summed E-state index contributed by atoms with van der Waals surface area (Å²) in [7, 11) is 0. The predicted molar refractivity (Wildman–Crippen MR) is 83.3 cm³/mol. The number of nitrogens with zero attached hydrogens (tertiary/aromatic N) is 3. The second-order valence-electron chi connectivity index (χ2n) is 3.91. The van der Waals surface area contributed by atoms with Gasteiger partial charge in [-0.1, -0.05) is 12.1 Å². The number of carbonyl (C=O) groups is 1. The first kappa shape index (κ1) is 15.3. The monoisotopic (exact) mass is 318 g/mol. The Bertz CT molecular complexity index is 754. The molecule has 0 saturated carbocycles. The average Bonchev–Trinajstić information content (AvgIpc) is 2.96. The van der Waals surface area contributed by atoms with Crippen molar-refractivity contribution >= 4 is 40.4 Å². The van der Waals surface area contributed by atoms with Gasteiger partial charge in [0.25, 0.3) is 5.69 Å². The highest BCUT2D eigenvalue weighted by molar-refractivity contribution is 7.13. The van der Waals surface area contributed by atoms with Crippen LogP contribution in [0.3, 0.4) is 0 Å². The van der Waals surface area contributed by atoms with E-state index in [1.807, 2.05) is 0 Å². The minimum Gasteiger partial charge on any atom is -0.476 e. The summed E-state index contributed by atoms with van der Waals surface area (Å²) >= 11 is 1.11. The zero-order valence-electron chi connectivity index (χ0n) is 11.0. The Hall–Kier alpha value is -3.07. The molecule has 0 spiro atoms. The van der Waals surface area contributed by atoms with Crippen LogP contribution >= 0.6 is 11.3 Å². The molecule has 0 unspecified atom stereocenters. The highest BCUT2D eigenvalue weighted by Gasteiger charge is 2.09. The van der Waals surface area contributed by atoms with Crippen LogP contribution in [0.25, 0.3) is 6.08 Å². The molecule has 0 aliphatic heterocycles. The lowest BCUT2D eigenvalue weighted by atomic mass is 10.2. The fraction of sp³-hybridized carbons (Fsp3) is 0. The number of nitro benzene ring substituents is 1. The zero-order valence-corrected chi connectivity index (χ0v) is 11.9. The average molecular weight is 318 g/mol. The number of carboxylic acid groups (broad SMARTS) is 1. The summed E-state index contributed by atoms with van der Waals surface area (Å²) in [5, 5.41) is 25.1. The molecule has 0 aliphatic rings. The van der Waals surface area contributed by atoms with Crippen molar-refractivity contribution in [3.05, 3.63) is 57.1 Å². The highest BCUT2D eigenvalue weighted by atomic mass is 32.1. The summed E-state index contributed by atoms with van der Waals surface area (Å²) in [5.41, 5.74) is 2.98. The molecule has 112 valence electrons. The lowest BCUT2D eigenvalue weighted by Gasteiger charge is -1.95. The smallest absolute Gasteiger partial charge is 0.355 e. The number of carboxylic acids is 1. The maximum absolute atomic E-state index is 10.8. The molecule has 9 heteroatoms. The van der Waals surface area contributed by atoms with Crippen LogP contribution in [0.15, 0.2) is 40.8 Å². The maximum atomic E-state index is 10.8. The number of para-hydroxylation sites is 1. The van der Waals surface area contributed by atoms with Crippen LogP contribution in [0.5, 0.6) is 0 Å². The Balaban J connectivity index is 1.97. The minimum absolute atomic E-state index is 0.00568. The molecular weight excluding hydrogens is 308 g/mol. The number of aromatic nitrogens is 1. The van der Waals surface area contributed by atoms with E-state index in [-0.39, 0.29) is 11.4 Å². The fourth-order valence-electron chi connectivity index (χ4n) is 1.50. The van der Waals surface area contributed by atoms with E-state index in [0.717, 1.165) is 11.3 Å². The minimum atomic E-state index is -1.11. The van der Waals surface area contributed by atoms with Gasteiger partial charge in [-0.2, -0.15) is 5.10 Å². The van der Waals surface area contributed by atoms with E-state index in [1.165, 1.54) is 23.7 Å². The summed E-state index contributed by atoms with van der Waals surface area (Å²) in [6.45, 7) is 0. The molecule has 1 aromatic carbocycles. The number of nitrogens with one attached hydrogen (secondary N) is 1. The van der Waals surface area contributed by atoms with Crippen molar-refractivity contribution in [3.63, 3.8) is 0 Å². The molecule has 0 aliphatic carbocycles. The number of thiazole rings is 1. The molecule has 0 radical (unpaired) electrons. The quantitative estimate of drug-likeness (QED) is 0.480. The van der Waals surface area contributed by atoms with Gasteiger partial charge in [0.1, 0.15) is 0 Å². The number of hydrogen-bond acceptors (Lipinski definition) is 7. The molecule has 2 rings (SSSR count). The van der Waals surface area contributed by atoms with Crippen molar-refractivity contribution < 1.29 is 14.8 Å². The lowest BCUT2D eigenvalue weighted by molar-refractivity contribution is -0.385. The zero-order chi connectivity index (χ0) is 15.9. The molecule has 2 N–H and O–H groups in total. The first-order valence-electron chi connectivity index (χ1n) is 5.96. The van der Waals surface area contributed by atoms with Gasteiger partial charge in [0.2, 0.25) is 5.13 Å². The van der Waals surface area contributed by atoms with E-state index in [1.54, 1.807) is 24.3 Å². The molecule has 0 bridgehead atoms. The predicted octanol–water partition coefficient (Wildman–Crippen LogP) is 2.86. The fourth-order valence-corrected chi connectivity index (χ4v) is 2.13. The molecule has 8 nitrogen and oxygen atoms in total. The number of hydrogen-bond donors (Lipinski definition) is 2. The Morgan fingerprint density at radius 2 is 2.23 bits per heavy atom. The van der Waals surface area contributed by atoms with Gasteiger partial charge in [-0.05, 0) is 18.2 Å². The van der Waals surface area contributed by atoms with Crippen LogP contribution in [0.1, 0.15) is 16.1 Å². The van der Waals surface area contributed by atoms with E-state index in [2.05, 4.69) is 15.5 Å². The third kappa shape index (κ3) is 3.96. The van der Waals surface area contributed by atoms with Gasteiger partial charge in [-0.15, -0.1) is 11.3 Å². The topological polar surface area (TPSA) is 118 Å². The van der Waals surface area contributed by atoms with Gasteiger partial charge >= 0.3 is 5.97 Å². The largest absolute Gasteiger partial charge is 0.476 e. The van der Waals surface area contributed by atoms with Crippen molar-refractivity contribution in [1.29, 1.82) is 0 Å². The third-order valence-electron chi connectivity index (χ3n) is 2.45. The molecule has 0 fully saturated rings. The Labute approximate surface area is 128 Å². The first-order chi connectivity index (χ1) is 10.6. The van der Waals surface area contributed by atoms with Crippen molar-refractivity contribution in [2.24, 2.45) is 5.10 Å². The Morgan fingerprint density at radius 1 is 1.45 bits per heavy atom. The maximum Gasteiger partial charge on any atom is 0.355 e. The molecule has 2 aromatic rings. The summed E-state index contributed by atoms with van der Waals surface area (Å²) < 4.78 is 0. The van der Waals surface area contributed by atoms with Crippen molar-refractivity contribution in [1.82, 2.24) is 4.98 Å². The normalized spacial score (nSPS) is 11.1. The van der Waals surface area contributed by atoms with Gasteiger partial charge in [-0.25, -0.2) is 9.78 Å². The van der Waals surface area contributed by atoms with Gasteiger partial charge in [0, 0.05) is 17.7 Å². The number of allylic oxidation sites excluding steroid dienone is 1. The molecule has 22 heavy (non-hydrogen) atoms. The highest BCUT2D eigenvalue weighted by Crippen LogP contribution is 2.18. The Kier molecular flexibility index (Phi) is 4.94. The molecule has 0 amide bonds. The number of nitro groups is 1. The standard InChI is InChI=1S/C13H10N4O4S/c18-12(19)10-8-22-13(15-10)16-14-7-3-5-9-4-1-2-6-11(9)17(20)21/h1-8H,(H,15,16)(H,18,19)/b5-3+,14-7-. The third-order valence-corrected chi connectivity index (χ3v) is 3.20. The van der Waals surface area contributed by atoms with E-state index in [9.17, 15) is 14.9 Å².